The van der Waals surface area contributed by atoms with E-state index in [-0.39, 0.29) is 11.2 Å². The van der Waals surface area contributed by atoms with Crippen LogP contribution in [0.15, 0.2) is 35.3 Å². The molecule has 2 rings (SSSR count). The lowest BCUT2D eigenvalue weighted by Crippen LogP contribution is -2.31. The molecule has 0 saturated carbocycles. The fraction of sp³-hybridized carbons (Fsp3) is 0.357. The lowest BCUT2D eigenvalue weighted by Gasteiger charge is -2.10. The molecule has 1 N–H and O–H groups in total. The highest BCUT2D eigenvalue weighted by molar-refractivity contribution is 8.00. The number of thiophene rings is 1. The molecule has 0 aromatic carbocycles. The third-order valence-corrected chi connectivity index (χ3v) is 4.92. The molecule has 2 heterocycles. The van der Waals surface area contributed by atoms with Crippen LogP contribution in [-0.4, -0.2) is 32.5 Å². The van der Waals surface area contributed by atoms with Crippen LogP contribution in [0.5, 0.6) is 0 Å². The Labute approximate surface area is 132 Å². The molecule has 0 bridgehead atoms. The summed E-state index contributed by atoms with van der Waals surface area (Å²) < 4.78 is 1.95. The number of hydrogen-bond acceptors (Lipinski definition) is 5. The van der Waals surface area contributed by atoms with Crippen molar-refractivity contribution >= 4 is 29.0 Å². The zero-order valence-corrected chi connectivity index (χ0v) is 13.7. The molecule has 2 aromatic rings. The number of nitrogens with zero attached hydrogens (tertiary/aromatic N) is 3. The van der Waals surface area contributed by atoms with Gasteiger partial charge in [-0.2, -0.15) is 0 Å². The predicted molar refractivity (Wildman–Crippen MR) is 86.7 cm³/mol. The standard InChI is InChI=1S/C14H18N4OS2/c1-4-7-15-13(19)10(2)21-14-17-16-12(18(14)3)9-11-6-5-8-20-11/h4-6,8,10H,1,7,9H2,2-3H3,(H,15,19)/t10-/m0/s1. The van der Waals surface area contributed by atoms with E-state index < -0.39 is 0 Å². The summed E-state index contributed by atoms with van der Waals surface area (Å²) in [5, 5.41) is 13.8. The number of hydrogen-bond donors (Lipinski definition) is 1. The van der Waals surface area contributed by atoms with Crippen molar-refractivity contribution in [2.24, 2.45) is 7.05 Å². The van der Waals surface area contributed by atoms with Crippen molar-refractivity contribution < 1.29 is 4.79 Å². The van der Waals surface area contributed by atoms with Crippen LogP contribution >= 0.6 is 23.1 Å². The second-order valence-corrected chi connectivity index (χ2v) is 6.85. The Morgan fingerprint density at radius 3 is 3.10 bits per heavy atom. The van der Waals surface area contributed by atoms with Gasteiger partial charge >= 0.3 is 0 Å². The summed E-state index contributed by atoms with van der Waals surface area (Å²) in [6, 6.07) is 4.11. The minimum absolute atomic E-state index is 0.0253. The first kappa shape index (κ1) is 15.8. The monoisotopic (exact) mass is 322 g/mol. The molecule has 0 spiro atoms. The molecular formula is C14H18N4OS2. The third-order valence-electron chi connectivity index (χ3n) is 2.91. The van der Waals surface area contributed by atoms with Crippen LogP contribution in [0.3, 0.4) is 0 Å². The first-order valence-electron chi connectivity index (χ1n) is 6.57. The molecule has 112 valence electrons. The molecule has 21 heavy (non-hydrogen) atoms. The molecule has 2 aromatic heterocycles. The fourth-order valence-corrected chi connectivity index (χ4v) is 3.26. The maximum Gasteiger partial charge on any atom is 0.233 e. The van der Waals surface area contributed by atoms with Gasteiger partial charge in [-0.15, -0.1) is 28.1 Å². The van der Waals surface area contributed by atoms with E-state index in [0.29, 0.717) is 6.54 Å². The van der Waals surface area contributed by atoms with Crippen LogP contribution in [0.1, 0.15) is 17.6 Å². The van der Waals surface area contributed by atoms with E-state index >= 15 is 0 Å². The topological polar surface area (TPSA) is 59.8 Å². The highest BCUT2D eigenvalue weighted by Crippen LogP contribution is 2.23. The van der Waals surface area contributed by atoms with Crippen LogP contribution < -0.4 is 5.32 Å². The summed E-state index contributed by atoms with van der Waals surface area (Å²) in [5.74, 6) is 0.876. The Morgan fingerprint density at radius 2 is 2.43 bits per heavy atom. The minimum Gasteiger partial charge on any atom is -0.352 e. The largest absolute Gasteiger partial charge is 0.352 e. The number of carbonyl (C=O) groups excluding carboxylic acids is 1. The Hall–Kier alpha value is -1.60. The minimum atomic E-state index is -0.220. The van der Waals surface area contributed by atoms with Crippen LogP contribution in [0.2, 0.25) is 0 Å². The van der Waals surface area contributed by atoms with Crippen molar-refractivity contribution in [3.8, 4) is 0 Å². The van der Waals surface area contributed by atoms with Gasteiger partial charge in [-0.05, 0) is 18.4 Å². The molecule has 1 amide bonds. The lowest BCUT2D eigenvalue weighted by atomic mass is 10.3. The van der Waals surface area contributed by atoms with Crippen molar-refractivity contribution in [1.82, 2.24) is 20.1 Å². The smallest absolute Gasteiger partial charge is 0.233 e. The molecule has 0 fully saturated rings. The van der Waals surface area contributed by atoms with Gasteiger partial charge in [0.15, 0.2) is 5.16 Å². The van der Waals surface area contributed by atoms with Gasteiger partial charge < -0.3 is 9.88 Å². The molecule has 1 atom stereocenters. The average Bonchev–Trinajstić information content (AvgIpc) is 3.10. The van der Waals surface area contributed by atoms with E-state index in [0.717, 1.165) is 17.4 Å². The van der Waals surface area contributed by atoms with Crippen LogP contribution in [-0.2, 0) is 18.3 Å². The lowest BCUT2D eigenvalue weighted by molar-refractivity contribution is -0.120. The Kier molecular flexibility index (Phi) is 5.58. The summed E-state index contributed by atoms with van der Waals surface area (Å²) in [5.41, 5.74) is 0. The van der Waals surface area contributed by atoms with E-state index in [4.69, 9.17) is 0 Å². The number of amides is 1. The number of carbonyl (C=O) groups is 1. The van der Waals surface area contributed by atoms with Crippen LogP contribution in [0.25, 0.3) is 0 Å². The van der Waals surface area contributed by atoms with E-state index in [1.54, 1.807) is 17.4 Å². The Morgan fingerprint density at radius 1 is 1.62 bits per heavy atom. The van der Waals surface area contributed by atoms with Gasteiger partial charge in [-0.25, -0.2) is 0 Å². The number of aromatic nitrogens is 3. The van der Waals surface area contributed by atoms with E-state index in [1.807, 2.05) is 30.0 Å². The van der Waals surface area contributed by atoms with Crippen LogP contribution in [0.4, 0.5) is 0 Å². The molecule has 0 unspecified atom stereocenters. The summed E-state index contributed by atoms with van der Waals surface area (Å²) in [4.78, 5) is 13.1. The van der Waals surface area contributed by atoms with E-state index in [9.17, 15) is 4.79 Å². The molecule has 5 nitrogen and oxygen atoms in total. The molecule has 7 heteroatoms. The SMILES string of the molecule is C=CCNC(=O)[C@H](C)Sc1nnc(Cc2cccs2)n1C. The first-order chi connectivity index (χ1) is 10.1. The molecule has 0 radical (unpaired) electrons. The van der Waals surface area contributed by atoms with Gasteiger partial charge in [-0.1, -0.05) is 23.9 Å². The van der Waals surface area contributed by atoms with Gasteiger partial charge in [0, 0.05) is 24.9 Å². The number of thioether (sulfide) groups is 1. The van der Waals surface area contributed by atoms with Crippen LogP contribution in [0, 0.1) is 0 Å². The maximum absolute atomic E-state index is 11.8. The fourth-order valence-electron chi connectivity index (χ4n) is 1.70. The molecular weight excluding hydrogens is 304 g/mol. The highest BCUT2D eigenvalue weighted by Gasteiger charge is 2.18. The summed E-state index contributed by atoms with van der Waals surface area (Å²) in [6.07, 6.45) is 2.43. The summed E-state index contributed by atoms with van der Waals surface area (Å²) >= 11 is 3.11. The van der Waals surface area contributed by atoms with E-state index in [1.165, 1.54) is 16.6 Å². The summed E-state index contributed by atoms with van der Waals surface area (Å²) in [6.45, 7) is 5.92. The molecule has 0 saturated heterocycles. The van der Waals surface area contributed by atoms with Crippen molar-refractivity contribution in [2.45, 2.75) is 23.8 Å². The quantitative estimate of drug-likeness (QED) is 0.627. The molecule has 0 aliphatic rings. The summed E-state index contributed by atoms with van der Waals surface area (Å²) in [7, 11) is 1.93. The molecule has 0 aliphatic heterocycles. The van der Waals surface area contributed by atoms with Gasteiger partial charge in [0.2, 0.25) is 5.91 Å². The van der Waals surface area contributed by atoms with Crippen molar-refractivity contribution in [3.63, 3.8) is 0 Å². The Balaban J connectivity index is 1.99. The zero-order chi connectivity index (χ0) is 15.2. The zero-order valence-electron chi connectivity index (χ0n) is 12.1. The van der Waals surface area contributed by atoms with Crippen molar-refractivity contribution in [1.29, 1.82) is 0 Å². The number of nitrogens with one attached hydrogen (secondary N) is 1. The van der Waals surface area contributed by atoms with Crippen molar-refractivity contribution in [3.05, 3.63) is 40.9 Å². The highest BCUT2D eigenvalue weighted by atomic mass is 32.2. The van der Waals surface area contributed by atoms with E-state index in [2.05, 4.69) is 28.2 Å². The normalized spacial score (nSPS) is 12.1. The average molecular weight is 322 g/mol. The maximum atomic E-state index is 11.8. The second-order valence-electron chi connectivity index (χ2n) is 4.51. The predicted octanol–water partition coefficient (Wildman–Crippen LogP) is 2.25. The third kappa shape index (κ3) is 4.18. The van der Waals surface area contributed by atoms with Gasteiger partial charge in [-0.3, -0.25) is 4.79 Å². The Bertz CT molecular complexity index is 607. The number of rotatable bonds is 7. The van der Waals surface area contributed by atoms with Gasteiger partial charge in [0.1, 0.15) is 5.82 Å². The first-order valence-corrected chi connectivity index (χ1v) is 8.33. The molecule has 0 aliphatic carbocycles. The van der Waals surface area contributed by atoms with Crippen molar-refractivity contribution in [2.75, 3.05) is 6.54 Å². The van der Waals surface area contributed by atoms with Gasteiger partial charge in [0.25, 0.3) is 0 Å². The second kappa shape index (κ2) is 7.42. The van der Waals surface area contributed by atoms with Gasteiger partial charge in [0.05, 0.1) is 5.25 Å².